The second-order valence-corrected chi connectivity index (χ2v) is 5.87. The Balaban J connectivity index is 1.66. The average molecular weight is 335 g/mol. The number of aryl methyl sites for hydroxylation is 2. The Bertz CT molecular complexity index is 828. The van der Waals surface area contributed by atoms with Crippen molar-refractivity contribution in [3.63, 3.8) is 0 Å². The van der Waals surface area contributed by atoms with Crippen LogP contribution in [0.15, 0.2) is 48.7 Å². The Morgan fingerprint density at radius 2 is 1.72 bits per heavy atom. The Morgan fingerprint density at radius 1 is 1.00 bits per heavy atom. The maximum Gasteiger partial charge on any atom is 0.249 e. The van der Waals surface area contributed by atoms with Crippen LogP contribution in [0.25, 0.3) is 0 Å². The van der Waals surface area contributed by atoms with Crippen molar-refractivity contribution < 1.29 is 4.74 Å². The SMILES string of the molecule is COc1ccc(CNc2cnnc(Nc3cc(C)cc(C)c3)n2)cc1. The van der Waals surface area contributed by atoms with Crippen LogP contribution < -0.4 is 15.4 Å². The van der Waals surface area contributed by atoms with E-state index < -0.39 is 0 Å². The molecule has 0 radical (unpaired) electrons. The van der Waals surface area contributed by atoms with E-state index in [0.29, 0.717) is 18.3 Å². The number of benzene rings is 2. The van der Waals surface area contributed by atoms with Gasteiger partial charge >= 0.3 is 0 Å². The van der Waals surface area contributed by atoms with Gasteiger partial charge in [-0.3, -0.25) is 0 Å². The zero-order chi connectivity index (χ0) is 17.6. The summed E-state index contributed by atoms with van der Waals surface area (Å²) in [5.41, 5.74) is 4.45. The van der Waals surface area contributed by atoms with E-state index in [0.717, 1.165) is 17.0 Å². The molecule has 1 heterocycles. The molecule has 0 aliphatic carbocycles. The van der Waals surface area contributed by atoms with Crippen LogP contribution in [0.5, 0.6) is 5.75 Å². The lowest BCUT2D eigenvalue weighted by molar-refractivity contribution is 0.414. The molecule has 0 saturated heterocycles. The van der Waals surface area contributed by atoms with Crippen molar-refractivity contribution in [2.45, 2.75) is 20.4 Å². The molecule has 3 rings (SSSR count). The van der Waals surface area contributed by atoms with Gasteiger partial charge in [-0.05, 0) is 54.8 Å². The van der Waals surface area contributed by atoms with E-state index in [1.165, 1.54) is 11.1 Å². The Kier molecular flexibility index (Phi) is 5.09. The monoisotopic (exact) mass is 335 g/mol. The van der Waals surface area contributed by atoms with E-state index in [9.17, 15) is 0 Å². The highest BCUT2D eigenvalue weighted by atomic mass is 16.5. The molecule has 0 fully saturated rings. The summed E-state index contributed by atoms with van der Waals surface area (Å²) in [6.45, 7) is 4.76. The number of hydrogen-bond donors (Lipinski definition) is 2. The number of methoxy groups -OCH3 is 1. The van der Waals surface area contributed by atoms with Crippen LogP contribution >= 0.6 is 0 Å². The van der Waals surface area contributed by atoms with Crippen molar-refractivity contribution in [3.05, 3.63) is 65.4 Å². The molecule has 0 unspecified atom stereocenters. The summed E-state index contributed by atoms with van der Waals surface area (Å²) in [6.07, 6.45) is 1.61. The molecule has 0 atom stereocenters. The summed E-state index contributed by atoms with van der Waals surface area (Å²) >= 11 is 0. The van der Waals surface area contributed by atoms with Gasteiger partial charge in [-0.15, -0.1) is 5.10 Å². The number of nitrogens with zero attached hydrogens (tertiary/aromatic N) is 3. The van der Waals surface area contributed by atoms with Crippen LogP contribution in [-0.4, -0.2) is 22.3 Å². The second-order valence-electron chi connectivity index (χ2n) is 5.87. The molecule has 0 bridgehead atoms. The highest BCUT2D eigenvalue weighted by molar-refractivity contribution is 5.56. The summed E-state index contributed by atoms with van der Waals surface area (Å²) in [6, 6.07) is 14.1. The first-order valence-electron chi connectivity index (χ1n) is 8.04. The highest BCUT2D eigenvalue weighted by Gasteiger charge is 2.03. The van der Waals surface area contributed by atoms with Gasteiger partial charge in [0.15, 0.2) is 5.82 Å². The van der Waals surface area contributed by atoms with E-state index >= 15 is 0 Å². The fourth-order valence-electron chi connectivity index (χ4n) is 2.55. The molecule has 6 heteroatoms. The third-order valence-corrected chi connectivity index (χ3v) is 3.67. The molecule has 0 spiro atoms. The number of ether oxygens (including phenoxy) is 1. The Hall–Kier alpha value is -3.15. The van der Waals surface area contributed by atoms with Gasteiger partial charge in [-0.2, -0.15) is 10.1 Å². The molecule has 0 aliphatic rings. The molecule has 2 aromatic carbocycles. The molecule has 0 saturated carbocycles. The number of nitrogens with one attached hydrogen (secondary N) is 2. The highest BCUT2D eigenvalue weighted by Crippen LogP contribution is 2.18. The van der Waals surface area contributed by atoms with E-state index in [-0.39, 0.29) is 0 Å². The van der Waals surface area contributed by atoms with Crippen LogP contribution in [0.3, 0.4) is 0 Å². The van der Waals surface area contributed by atoms with Crippen LogP contribution in [0.4, 0.5) is 17.5 Å². The van der Waals surface area contributed by atoms with Gasteiger partial charge in [0.1, 0.15) is 5.75 Å². The fraction of sp³-hybridized carbons (Fsp3) is 0.211. The molecule has 0 aliphatic heterocycles. The zero-order valence-electron chi connectivity index (χ0n) is 14.6. The summed E-state index contributed by atoms with van der Waals surface area (Å²) < 4.78 is 5.16. The minimum atomic E-state index is 0.463. The van der Waals surface area contributed by atoms with Crippen LogP contribution in [-0.2, 0) is 6.54 Å². The predicted molar refractivity (Wildman–Crippen MR) is 99.3 cm³/mol. The van der Waals surface area contributed by atoms with Gasteiger partial charge in [-0.1, -0.05) is 18.2 Å². The van der Waals surface area contributed by atoms with Gasteiger partial charge in [0.2, 0.25) is 5.95 Å². The first kappa shape index (κ1) is 16.7. The molecular weight excluding hydrogens is 314 g/mol. The Morgan fingerprint density at radius 3 is 2.40 bits per heavy atom. The maximum absolute atomic E-state index is 5.16. The third kappa shape index (κ3) is 4.67. The summed E-state index contributed by atoms with van der Waals surface area (Å²) in [7, 11) is 1.66. The first-order valence-corrected chi connectivity index (χ1v) is 8.04. The van der Waals surface area contributed by atoms with Gasteiger partial charge in [-0.25, -0.2) is 0 Å². The van der Waals surface area contributed by atoms with E-state index in [1.807, 2.05) is 36.4 Å². The summed E-state index contributed by atoms with van der Waals surface area (Å²) in [5.74, 6) is 1.97. The van der Waals surface area contributed by atoms with Crippen molar-refractivity contribution >= 4 is 17.5 Å². The molecule has 6 nitrogen and oxygen atoms in total. The van der Waals surface area contributed by atoms with Crippen molar-refractivity contribution in [1.29, 1.82) is 0 Å². The third-order valence-electron chi connectivity index (χ3n) is 3.67. The van der Waals surface area contributed by atoms with Crippen molar-refractivity contribution in [1.82, 2.24) is 15.2 Å². The average Bonchev–Trinajstić information content (AvgIpc) is 2.60. The molecular formula is C19H21N5O. The quantitative estimate of drug-likeness (QED) is 0.713. The van der Waals surface area contributed by atoms with Gasteiger partial charge in [0.25, 0.3) is 0 Å². The van der Waals surface area contributed by atoms with Crippen molar-refractivity contribution in [3.8, 4) is 5.75 Å². The van der Waals surface area contributed by atoms with E-state index in [2.05, 4.69) is 45.7 Å². The van der Waals surface area contributed by atoms with Gasteiger partial charge in [0.05, 0.1) is 13.3 Å². The van der Waals surface area contributed by atoms with Crippen LogP contribution in [0.1, 0.15) is 16.7 Å². The van der Waals surface area contributed by atoms with Crippen molar-refractivity contribution in [2.75, 3.05) is 17.7 Å². The lowest BCUT2D eigenvalue weighted by atomic mass is 10.1. The van der Waals surface area contributed by atoms with Crippen molar-refractivity contribution in [2.24, 2.45) is 0 Å². The molecule has 25 heavy (non-hydrogen) atoms. The smallest absolute Gasteiger partial charge is 0.249 e. The number of aromatic nitrogens is 3. The van der Waals surface area contributed by atoms with Crippen LogP contribution in [0.2, 0.25) is 0 Å². The largest absolute Gasteiger partial charge is 0.497 e. The molecule has 128 valence electrons. The van der Waals surface area contributed by atoms with E-state index in [1.54, 1.807) is 13.3 Å². The van der Waals surface area contributed by atoms with Gasteiger partial charge in [0, 0.05) is 12.2 Å². The lowest BCUT2D eigenvalue weighted by Crippen LogP contribution is -2.05. The zero-order valence-corrected chi connectivity index (χ0v) is 14.6. The first-order chi connectivity index (χ1) is 12.1. The predicted octanol–water partition coefficient (Wildman–Crippen LogP) is 3.85. The minimum absolute atomic E-state index is 0.463. The summed E-state index contributed by atoms with van der Waals surface area (Å²) in [4.78, 5) is 4.46. The standard InChI is InChI=1S/C19H21N5O/c1-13-8-14(2)10-16(9-13)22-19-23-18(12-21-24-19)20-11-15-4-6-17(25-3)7-5-15/h4-10,12H,11H2,1-3H3,(H2,20,22,23,24). The normalized spacial score (nSPS) is 10.4. The molecule has 2 N–H and O–H groups in total. The van der Waals surface area contributed by atoms with Gasteiger partial charge < -0.3 is 15.4 Å². The molecule has 3 aromatic rings. The minimum Gasteiger partial charge on any atom is -0.497 e. The number of anilines is 3. The lowest BCUT2D eigenvalue weighted by Gasteiger charge is -2.09. The van der Waals surface area contributed by atoms with Crippen LogP contribution in [0, 0.1) is 13.8 Å². The topological polar surface area (TPSA) is 72.0 Å². The maximum atomic E-state index is 5.16. The number of hydrogen-bond acceptors (Lipinski definition) is 6. The fourth-order valence-corrected chi connectivity index (χ4v) is 2.55. The molecule has 1 aromatic heterocycles. The second kappa shape index (κ2) is 7.61. The number of rotatable bonds is 6. The summed E-state index contributed by atoms with van der Waals surface area (Å²) in [5, 5.41) is 14.5. The van der Waals surface area contributed by atoms with E-state index in [4.69, 9.17) is 4.74 Å². The molecule has 0 amide bonds. The Labute approximate surface area is 147 Å².